The van der Waals surface area contributed by atoms with E-state index in [1.54, 1.807) is 6.07 Å². The third-order valence-electron chi connectivity index (χ3n) is 3.35. The van der Waals surface area contributed by atoms with Crippen molar-refractivity contribution < 1.29 is 8.78 Å². The van der Waals surface area contributed by atoms with E-state index in [4.69, 9.17) is 11.6 Å². The third kappa shape index (κ3) is 4.26. The van der Waals surface area contributed by atoms with Gasteiger partial charge in [-0.1, -0.05) is 36.7 Å². The molecule has 112 valence electrons. The van der Waals surface area contributed by atoms with Gasteiger partial charge in [0.2, 0.25) is 0 Å². The summed E-state index contributed by atoms with van der Waals surface area (Å²) < 4.78 is 27.2. The molecule has 1 atom stereocenters. The summed E-state index contributed by atoms with van der Waals surface area (Å²) in [6.45, 7) is 2.84. The highest BCUT2D eigenvalue weighted by atomic mass is 35.5. The lowest BCUT2D eigenvalue weighted by atomic mass is 9.98. The number of halogens is 3. The van der Waals surface area contributed by atoms with Crippen LogP contribution in [-0.2, 0) is 6.42 Å². The molecule has 0 aliphatic rings. The summed E-state index contributed by atoms with van der Waals surface area (Å²) in [4.78, 5) is 0. The molecule has 4 heteroatoms. The molecule has 0 bridgehead atoms. The number of hydrogen-bond donors (Lipinski definition) is 1. The molecule has 0 saturated carbocycles. The summed E-state index contributed by atoms with van der Waals surface area (Å²) in [7, 11) is 0. The van der Waals surface area contributed by atoms with Gasteiger partial charge in [-0.15, -0.1) is 0 Å². The Balaban J connectivity index is 2.28. The standard InChI is InChI=1S/C17H18ClF2N/c1-2-9-21-17(14-5-3-4-6-15(14)18)11-12-10-13(19)7-8-16(12)20/h3-8,10,17,21H,2,9,11H2,1H3. The SMILES string of the molecule is CCCNC(Cc1cc(F)ccc1F)c1ccccc1Cl. The third-order valence-corrected chi connectivity index (χ3v) is 3.70. The average molecular weight is 310 g/mol. The molecule has 21 heavy (non-hydrogen) atoms. The Morgan fingerprint density at radius 1 is 1.14 bits per heavy atom. The predicted molar refractivity (Wildman–Crippen MR) is 82.5 cm³/mol. The van der Waals surface area contributed by atoms with E-state index in [0.29, 0.717) is 17.0 Å². The van der Waals surface area contributed by atoms with Gasteiger partial charge in [0.25, 0.3) is 0 Å². The summed E-state index contributed by atoms with van der Waals surface area (Å²) >= 11 is 6.23. The first kappa shape index (κ1) is 15.9. The first-order chi connectivity index (χ1) is 10.1. The number of hydrogen-bond acceptors (Lipinski definition) is 1. The van der Waals surface area contributed by atoms with Gasteiger partial charge in [0.1, 0.15) is 11.6 Å². The molecule has 1 unspecified atom stereocenters. The van der Waals surface area contributed by atoms with Gasteiger partial charge in [0.15, 0.2) is 0 Å². The maximum atomic E-state index is 13.8. The predicted octanol–water partition coefficient (Wildman–Crippen LogP) is 4.90. The molecule has 0 spiro atoms. The molecule has 0 heterocycles. The maximum absolute atomic E-state index is 13.8. The van der Waals surface area contributed by atoms with Gasteiger partial charge in [-0.25, -0.2) is 8.78 Å². The van der Waals surface area contributed by atoms with Crippen molar-refractivity contribution >= 4 is 11.6 Å². The Morgan fingerprint density at radius 3 is 2.62 bits per heavy atom. The molecule has 0 saturated heterocycles. The average Bonchev–Trinajstić information content (AvgIpc) is 2.48. The van der Waals surface area contributed by atoms with Crippen molar-refractivity contribution in [2.24, 2.45) is 0 Å². The van der Waals surface area contributed by atoms with Crippen LogP contribution in [0.15, 0.2) is 42.5 Å². The Morgan fingerprint density at radius 2 is 1.90 bits per heavy atom. The minimum Gasteiger partial charge on any atom is -0.310 e. The van der Waals surface area contributed by atoms with Gasteiger partial charge in [-0.05, 0) is 54.8 Å². The van der Waals surface area contributed by atoms with E-state index in [1.807, 2.05) is 18.2 Å². The van der Waals surface area contributed by atoms with Gasteiger partial charge in [-0.3, -0.25) is 0 Å². The first-order valence-corrected chi connectivity index (χ1v) is 7.41. The van der Waals surface area contributed by atoms with E-state index >= 15 is 0 Å². The van der Waals surface area contributed by atoms with Crippen molar-refractivity contribution in [3.05, 3.63) is 70.2 Å². The van der Waals surface area contributed by atoms with Gasteiger partial charge in [0, 0.05) is 11.1 Å². The lowest BCUT2D eigenvalue weighted by molar-refractivity contribution is 0.509. The summed E-state index contributed by atoms with van der Waals surface area (Å²) in [6.07, 6.45) is 1.31. The smallest absolute Gasteiger partial charge is 0.126 e. The van der Waals surface area contributed by atoms with Crippen LogP contribution < -0.4 is 5.32 Å². The highest BCUT2D eigenvalue weighted by molar-refractivity contribution is 6.31. The summed E-state index contributed by atoms with van der Waals surface area (Å²) in [5.74, 6) is -0.827. The second-order valence-electron chi connectivity index (χ2n) is 4.97. The number of rotatable bonds is 6. The summed E-state index contributed by atoms with van der Waals surface area (Å²) in [5.41, 5.74) is 1.25. The topological polar surface area (TPSA) is 12.0 Å². The molecule has 1 N–H and O–H groups in total. The first-order valence-electron chi connectivity index (χ1n) is 7.03. The Labute approximate surface area is 128 Å². The number of benzene rings is 2. The molecule has 0 radical (unpaired) electrons. The van der Waals surface area contributed by atoms with Gasteiger partial charge in [-0.2, -0.15) is 0 Å². The van der Waals surface area contributed by atoms with E-state index in [-0.39, 0.29) is 6.04 Å². The van der Waals surface area contributed by atoms with Gasteiger partial charge >= 0.3 is 0 Å². The van der Waals surface area contributed by atoms with Crippen molar-refractivity contribution in [2.75, 3.05) is 6.54 Å². The van der Waals surface area contributed by atoms with Crippen molar-refractivity contribution in [2.45, 2.75) is 25.8 Å². The van der Waals surface area contributed by atoms with Gasteiger partial charge in [0.05, 0.1) is 0 Å². The highest BCUT2D eigenvalue weighted by Gasteiger charge is 2.16. The monoisotopic (exact) mass is 309 g/mol. The molecule has 1 nitrogen and oxygen atoms in total. The number of nitrogens with one attached hydrogen (secondary N) is 1. The molecule has 0 amide bonds. The molecular weight excluding hydrogens is 292 g/mol. The van der Waals surface area contributed by atoms with E-state index in [0.717, 1.165) is 30.7 Å². The summed E-state index contributed by atoms with van der Waals surface area (Å²) in [5, 5.41) is 3.98. The van der Waals surface area contributed by atoms with Crippen LogP contribution in [0.4, 0.5) is 8.78 Å². The lowest BCUT2D eigenvalue weighted by Gasteiger charge is -2.20. The second kappa shape index (κ2) is 7.53. The molecule has 0 aliphatic carbocycles. The van der Waals surface area contributed by atoms with Crippen LogP contribution in [0, 0.1) is 11.6 Å². The lowest BCUT2D eigenvalue weighted by Crippen LogP contribution is -2.24. The Bertz CT molecular complexity index is 601. The van der Waals surface area contributed by atoms with Gasteiger partial charge < -0.3 is 5.32 Å². The minimum absolute atomic E-state index is 0.144. The molecule has 0 fully saturated rings. The van der Waals surface area contributed by atoms with Crippen LogP contribution in [0.2, 0.25) is 5.02 Å². The Hall–Kier alpha value is -1.45. The summed E-state index contributed by atoms with van der Waals surface area (Å²) in [6, 6.07) is 10.8. The van der Waals surface area contributed by atoms with E-state index < -0.39 is 11.6 Å². The van der Waals surface area contributed by atoms with Crippen LogP contribution in [0.1, 0.15) is 30.5 Å². The molecule has 0 aromatic heterocycles. The zero-order valence-corrected chi connectivity index (χ0v) is 12.6. The van der Waals surface area contributed by atoms with Crippen LogP contribution in [-0.4, -0.2) is 6.54 Å². The minimum atomic E-state index is -0.431. The fraction of sp³-hybridized carbons (Fsp3) is 0.294. The van der Waals surface area contributed by atoms with Crippen molar-refractivity contribution in [1.29, 1.82) is 0 Å². The normalized spacial score (nSPS) is 12.4. The molecule has 2 aromatic carbocycles. The van der Waals surface area contributed by atoms with E-state index in [1.165, 1.54) is 6.07 Å². The molecular formula is C17H18ClF2N. The van der Waals surface area contributed by atoms with E-state index in [2.05, 4.69) is 12.2 Å². The van der Waals surface area contributed by atoms with Crippen LogP contribution in [0.25, 0.3) is 0 Å². The van der Waals surface area contributed by atoms with Crippen LogP contribution >= 0.6 is 11.6 Å². The van der Waals surface area contributed by atoms with Crippen LogP contribution in [0.5, 0.6) is 0 Å². The zero-order chi connectivity index (χ0) is 15.2. The van der Waals surface area contributed by atoms with E-state index in [9.17, 15) is 8.78 Å². The van der Waals surface area contributed by atoms with Crippen LogP contribution in [0.3, 0.4) is 0 Å². The highest BCUT2D eigenvalue weighted by Crippen LogP contribution is 2.26. The molecule has 2 rings (SSSR count). The fourth-order valence-electron chi connectivity index (χ4n) is 2.29. The maximum Gasteiger partial charge on any atom is 0.126 e. The fourth-order valence-corrected chi connectivity index (χ4v) is 2.56. The van der Waals surface area contributed by atoms with Crippen molar-refractivity contribution in [3.63, 3.8) is 0 Å². The largest absolute Gasteiger partial charge is 0.310 e. The molecule has 2 aromatic rings. The zero-order valence-electron chi connectivity index (χ0n) is 11.9. The van der Waals surface area contributed by atoms with Crippen molar-refractivity contribution in [3.8, 4) is 0 Å². The Kier molecular flexibility index (Phi) is 5.71. The van der Waals surface area contributed by atoms with Crippen molar-refractivity contribution in [1.82, 2.24) is 5.32 Å². The molecule has 0 aliphatic heterocycles. The quantitative estimate of drug-likeness (QED) is 0.800. The second-order valence-corrected chi connectivity index (χ2v) is 5.38.